The third-order valence-corrected chi connectivity index (χ3v) is 6.17. The van der Waals surface area contributed by atoms with Crippen molar-refractivity contribution in [3.05, 3.63) is 66.3 Å². The highest BCUT2D eigenvalue weighted by atomic mass is 19.2. The van der Waals surface area contributed by atoms with Gasteiger partial charge >= 0.3 is 0 Å². The number of hydrogen-bond acceptors (Lipinski definition) is 1. The monoisotopic (exact) mass is 398 g/mol. The maximum Gasteiger partial charge on any atom is 0.201 e. The largest absolute Gasteiger partial charge is 0.486 e. The molecule has 0 heterocycles. The number of benzene rings is 2. The summed E-state index contributed by atoms with van der Waals surface area (Å²) in [5, 5.41) is 0. The van der Waals surface area contributed by atoms with Crippen molar-refractivity contribution in [2.24, 2.45) is 11.8 Å². The zero-order chi connectivity index (χ0) is 20.6. The van der Waals surface area contributed by atoms with Gasteiger partial charge in [-0.05, 0) is 47.9 Å². The molecule has 0 spiro atoms. The van der Waals surface area contributed by atoms with E-state index in [4.69, 9.17) is 4.74 Å². The summed E-state index contributed by atoms with van der Waals surface area (Å²) in [5.41, 5.74) is 2.20. The molecule has 0 radical (unpaired) electrons. The van der Waals surface area contributed by atoms with Crippen LogP contribution in [0.25, 0.3) is 11.1 Å². The van der Waals surface area contributed by atoms with E-state index in [0.717, 1.165) is 18.3 Å². The van der Waals surface area contributed by atoms with Gasteiger partial charge < -0.3 is 4.74 Å². The van der Waals surface area contributed by atoms with Gasteiger partial charge in [0.05, 0.1) is 0 Å². The van der Waals surface area contributed by atoms with E-state index in [-0.39, 0.29) is 17.9 Å². The molecule has 3 rings (SSSR count). The van der Waals surface area contributed by atoms with Crippen LogP contribution in [-0.2, 0) is 6.42 Å². The van der Waals surface area contributed by atoms with E-state index in [9.17, 15) is 8.78 Å². The Hall–Kier alpha value is -2.16. The molecule has 0 amide bonds. The zero-order valence-corrected chi connectivity index (χ0v) is 17.4. The van der Waals surface area contributed by atoms with Gasteiger partial charge in [0, 0.05) is 5.56 Å². The Morgan fingerprint density at radius 3 is 2.21 bits per heavy atom. The summed E-state index contributed by atoms with van der Waals surface area (Å²) >= 11 is 0. The molecular formula is C26H32F2O. The van der Waals surface area contributed by atoms with Crippen LogP contribution in [0.5, 0.6) is 5.75 Å². The van der Waals surface area contributed by atoms with Gasteiger partial charge in [-0.3, -0.25) is 0 Å². The summed E-state index contributed by atoms with van der Waals surface area (Å²) in [6, 6.07) is 10.9. The molecule has 0 aromatic heterocycles. The molecule has 29 heavy (non-hydrogen) atoms. The second kappa shape index (κ2) is 10.6. The Bertz CT molecular complexity index is 789. The molecule has 1 aliphatic rings. The molecule has 0 atom stereocenters. The van der Waals surface area contributed by atoms with Crippen LogP contribution in [0.1, 0.15) is 57.4 Å². The third-order valence-electron chi connectivity index (χ3n) is 6.17. The van der Waals surface area contributed by atoms with Crippen LogP contribution in [0.2, 0.25) is 0 Å². The van der Waals surface area contributed by atoms with Crippen LogP contribution < -0.4 is 4.74 Å². The van der Waals surface area contributed by atoms with Crippen LogP contribution >= 0.6 is 0 Å². The predicted molar refractivity (Wildman–Crippen MR) is 116 cm³/mol. The van der Waals surface area contributed by atoms with Gasteiger partial charge in [0.2, 0.25) is 5.82 Å². The third kappa shape index (κ3) is 5.68. The minimum Gasteiger partial charge on any atom is -0.486 e. The standard InChI is InChI=1S/C26H32F2O/c1-3-5-19-6-8-20(9-7-19)10-11-21-12-14-22(15-13-21)23-16-17-24(29-18-4-2)26(28)25(23)27/h4,12-17,19-20H,2-3,5-11,18H2,1H3. The Kier molecular flexibility index (Phi) is 7.85. The van der Waals surface area contributed by atoms with Crippen molar-refractivity contribution in [3.63, 3.8) is 0 Å². The van der Waals surface area contributed by atoms with E-state index in [1.807, 2.05) is 24.3 Å². The normalized spacial score (nSPS) is 19.1. The molecule has 0 aliphatic heterocycles. The summed E-state index contributed by atoms with van der Waals surface area (Å²) in [4.78, 5) is 0. The van der Waals surface area contributed by atoms with Crippen molar-refractivity contribution in [2.45, 2.75) is 58.3 Å². The lowest BCUT2D eigenvalue weighted by Gasteiger charge is -2.28. The molecule has 2 aromatic rings. The van der Waals surface area contributed by atoms with Gasteiger partial charge in [-0.1, -0.05) is 82.4 Å². The summed E-state index contributed by atoms with van der Waals surface area (Å²) in [6.07, 6.45) is 11.9. The van der Waals surface area contributed by atoms with E-state index in [1.165, 1.54) is 62.7 Å². The number of rotatable bonds is 9. The fourth-order valence-electron chi connectivity index (χ4n) is 4.45. The van der Waals surface area contributed by atoms with Gasteiger partial charge in [-0.2, -0.15) is 4.39 Å². The highest BCUT2D eigenvalue weighted by molar-refractivity contribution is 5.65. The van der Waals surface area contributed by atoms with Gasteiger partial charge in [0.15, 0.2) is 11.6 Å². The van der Waals surface area contributed by atoms with Crippen molar-refractivity contribution in [3.8, 4) is 16.9 Å². The Labute approximate surface area is 173 Å². The first-order chi connectivity index (χ1) is 14.1. The van der Waals surface area contributed by atoms with E-state index < -0.39 is 11.6 Å². The molecule has 0 bridgehead atoms. The predicted octanol–water partition coefficient (Wildman–Crippen LogP) is 7.74. The van der Waals surface area contributed by atoms with Crippen molar-refractivity contribution in [1.82, 2.24) is 0 Å². The SMILES string of the molecule is C=CCOc1ccc(-c2ccc(CCC3CCC(CCC)CC3)cc2)c(F)c1F. The summed E-state index contributed by atoms with van der Waals surface area (Å²) in [5.74, 6) is -0.136. The van der Waals surface area contributed by atoms with Crippen LogP contribution in [0.3, 0.4) is 0 Å². The highest BCUT2D eigenvalue weighted by Crippen LogP contribution is 2.34. The van der Waals surface area contributed by atoms with Crippen molar-refractivity contribution in [1.29, 1.82) is 0 Å². The Morgan fingerprint density at radius 2 is 1.59 bits per heavy atom. The minimum atomic E-state index is -0.952. The second-order valence-corrected chi connectivity index (χ2v) is 8.25. The van der Waals surface area contributed by atoms with Gasteiger partial charge in [0.25, 0.3) is 0 Å². The van der Waals surface area contributed by atoms with Gasteiger partial charge in [-0.15, -0.1) is 0 Å². The number of ether oxygens (including phenoxy) is 1. The van der Waals surface area contributed by atoms with Crippen molar-refractivity contribution < 1.29 is 13.5 Å². The fraction of sp³-hybridized carbons (Fsp3) is 0.462. The molecule has 1 fully saturated rings. The summed E-state index contributed by atoms with van der Waals surface area (Å²) in [6.45, 7) is 5.94. The van der Waals surface area contributed by atoms with Gasteiger partial charge in [-0.25, -0.2) is 4.39 Å². The lowest BCUT2D eigenvalue weighted by Crippen LogP contribution is -2.15. The number of halogens is 2. The van der Waals surface area contributed by atoms with E-state index >= 15 is 0 Å². The number of aryl methyl sites for hydroxylation is 1. The highest BCUT2D eigenvalue weighted by Gasteiger charge is 2.20. The van der Waals surface area contributed by atoms with E-state index in [1.54, 1.807) is 6.07 Å². The molecule has 1 aliphatic carbocycles. The lowest BCUT2D eigenvalue weighted by atomic mass is 9.78. The first kappa shape index (κ1) is 21.5. The smallest absolute Gasteiger partial charge is 0.201 e. The molecule has 0 unspecified atom stereocenters. The minimum absolute atomic E-state index is 0.0866. The molecule has 3 heteroatoms. The van der Waals surface area contributed by atoms with Crippen LogP contribution in [-0.4, -0.2) is 6.61 Å². The van der Waals surface area contributed by atoms with E-state index in [2.05, 4.69) is 13.5 Å². The van der Waals surface area contributed by atoms with E-state index in [0.29, 0.717) is 5.56 Å². The molecule has 0 saturated heterocycles. The zero-order valence-electron chi connectivity index (χ0n) is 17.4. The molecular weight excluding hydrogens is 366 g/mol. The van der Waals surface area contributed by atoms with Crippen LogP contribution in [0, 0.1) is 23.5 Å². The lowest BCUT2D eigenvalue weighted by molar-refractivity contribution is 0.252. The summed E-state index contributed by atoms with van der Waals surface area (Å²) in [7, 11) is 0. The molecule has 1 saturated carbocycles. The van der Waals surface area contributed by atoms with Crippen molar-refractivity contribution in [2.75, 3.05) is 6.61 Å². The molecule has 2 aromatic carbocycles. The molecule has 156 valence electrons. The first-order valence-electron chi connectivity index (χ1n) is 10.9. The Balaban J connectivity index is 1.58. The quantitative estimate of drug-likeness (QED) is 0.393. The van der Waals surface area contributed by atoms with Gasteiger partial charge in [0.1, 0.15) is 6.61 Å². The molecule has 1 nitrogen and oxygen atoms in total. The van der Waals surface area contributed by atoms with Crippen LogP contribution in [0.4, 0.5) is 8.78 Å². The Morgan fingerprint density at radius 1 is 0.931 bits per heavy atom. The average Bonchev–Trinajstić information content (AvgIpc) is 2.75. The fourth-order valence-corrected chi connectivity index (χ4v) is 4.45. The maximum atomic E-state index is 14.5. The first-order valence-corrected chi connectivity index (χ1v) is 10.9. The topological polar surface area (TPSA) is 9.23 Å². The van der Waals surface area contributed by atoms with Crippen LogP contribution in [0.15, 0.2) is 49.1 Å². The number of hydrogen-bond donors (Lipinski definition) is 0. The molecule has 0 N–H and O–H groups in total. The summed E-state index contributed by atoms with van der Waals surface area (Å²) < 4.78 is 33.8. The average molecular weight is 399 g/mol. The second-order valence-electron chi connectivity index (χ2n) is 8.25. The van der Waals surface area contributed by atoms with Crippen molar-refractivity contribution >= 4 is 0 Å². The maximum absolute atomic E-state index is 14.5.